The molecule has 2 N–H and O–H groups in total. The average molecular weight is 337 g/mol. The first-order valence-electron chi connectivity index (χ1n) is 8.59. The van der Waals surface area contributed by atoms with Gasteiger partial charge in [0.25, 0.3) is 0 Å². The van der Waals surface area contributed by atoms with Crippen LogP contribution in [-0.4, -0.2) is 78.9 Å². The van der Waals surface area contributed by atoms with Crippen molar-refractivity contribution in [3.63, 3.8) is 0 Å². The van der Waals surface area contributed by atoms with E-state index >= 15 is 0 Å². The average Bonchev–Trinajstić information content (AvgIpc) is 2.55. The second-order valence-corrected chi connectivity index (χ2v) is 4.72. The van der Waals surface area contributed by atoms with Gasteiger partial charge in [-0.05, 0) is 20.3 Å². The van der Waals surface area contributed by atoms with Crippen molar-refractivity contribution < 1.29 is 28.4 Å². The molecular formula is C16H35NO6. The molecule has 140 valence electrons. The fourth-order valence-electron chi connectivity index (χ4n) is 1.78. The molecule has 0 aliphatic rings. The van der Waals surface area contributed by atoms with Gasteiger partial charge >= 0.3 is 0 Å². The molecule has 0 saturated carbocycles. The van der Waals surface area contributed by atoms with Gasteiger partial charge in [0.15, 0.2) is 6.29 Å². The van der Waals surface area contributed by atoms with Crippen molar-refractivity contribution in [2.45, 2.75) is 33.0 Å². The molecule has 0 unspecified atom stereocenters. The van der Waals surface area contributed by atoms with Gasteiger partial charge in [-0.3, -0.25) is 0 Å². The third-order valence-corrected chi connectivity index (χ3v) is 2.81. The molecule has 0 aromatic rings. The summed E-state index contributed by atoms with van der Waals surface area (Å²) in [5.41, 5.74) is 5.30. The normalized spacial score (nSPS) is 11.5. The molecule has 0 rings (SSSR count). The monoisotopic (exact) mass is 337 g/mol. The number of nitrogens with two attached hydrogens (primary N) is 1. The Morgan fingerprint density at radius 3 is 1.52 bits per heavy atom. The molecule has 0 saturated heterocycles. The molecule has 0 amide bonds. The molecule has 0 aromatic heterocycles. The van der Waals surface area contributed by atoms with E-state index in [0.29, 0.717) is 72.6 Å². The summed E-state index contributed by atoms with van der Waals surface area (Å²) in [5, 5.41) is 0. The van der Waals surface area contributed by atoms with E-state index in [1.807, 2.05) is 13.8 Å². The maximum Gasteiger partial charge on any atom is 0.157 e. The second kappa shape index (κ2) is 19.8. The molecule has 23 heavy (non-hydrogen) atoms. The van der Waals surface area contributed by atoms with Crippen molar-refractivity contribution >= 4 is 0 Å². The van der Waals surface area contributed by atoms with Crippen molar-refractivity contribution in [2.24, 2.45) is 5.73 Å². The largest absolute Gasteiger partial charge is 0.379 e. The number of ether oxygens (including phenoxy) is 6. The van der Waals surface area contributed by atoms with Crippen molar-refractivity contribution in [3.8, 4) is 0 Å². The minimum Gasteiger partial charge on any atom is -0.379 e. The first-order valence-corrected chi connectivity index (χ1v) is 8.59. The predicted octanol–water partition coefficient (Wildman–Crippen LogP) is 1.19. The van der Waals surface area contributed by atoms with E-state index in [2.05, 4.69) is 0 Å². The summed E-state index contributed by atoms with van der Waals surface area (Å²) in [5.74, 6) is 0. The zero-order valence-corrected chi connectivity index (χ0v) is 14.8. The minimum absolute atomic E-state index is 0.115. The Labute approximate surface area is 140 Å². The maximum absolute atomic E-state index is 5.50. The zero-order valence-electron chi connectivity index (χ0n) is 14.8. The zero-order chi connectivity index (χ0) is 17.0. The van der Waals surface area contributed by atoms with Gasteiger partial charge in [-0.2, -0.15) is 0 Å². The van der Waals surface area contributed by atoms with Crippen LogP contribution >= 0.6 is 0 Å². The molecule has 0 aromatic carbocycles. The second-order valence-electron chi connectivity index (χ2n) is 4.72. The Morgan fingerprint density at radius 2 is 1.09 bits per heavy atom. The molecule has 0 heterocycles. The maximum atomic E-state index is 5.50. The molecule has 0 radical (unpaired) electrons. The lowest BCUT2D eigenvalue weighted by Crippen LogP contribution is -2.18. The van der Waals surface area contributed by atoms with Crippen LogP contribution in [-0.2, 0) is 28.4 Å². The molecule has 7 heteroatoms. The molecular weight excluding hydrogens is 302 g/mol. The summed E-state index contributed by atoms with van der Waals surface area (Å²) in [6.07, 6.45) is 1.65. The minimum atomic E-state index is -0.115. The number of hydrogen-bond acceptors (Lipinski definition) is 7. The van der Waals surface area contributed by atoms with E-state index in [0.717, 1.165) is 12.8 Å². The van der Waals surface area contributed by atoms with Crippen LogP contribution in [0, 0.1) is 0 Å². The molecule has 0 atom stereocenters. The van der Waals surface area contributed by atoms with E-state index in [1.54, 1.807) is 0 Å². The molecule has 0 bridgehead atoms. The van der Waals surface area contributed by atoms with Crippen LogP contribution < -0.4 is 5.73 Å². The van der Waals surface area contributed by atoms with E-state index in [-0.39, 0.29) is 6.29 Å². The van der Waals surface area contributed by atoms with Gasteiger partial charge in [-0.15, -0.1) is 0 Å². The van der Waals surface area contributed by atoms with Crippen LogP contribution in [0.2, 0.25) is 0 Å². The summed E-state index contributed by atoms with van der Waals surface area (Å²) < 4.78 is 32.4. The summed E-state index contributed by atoms with van der Waals surface area (Å²) in [7, 11) is 0. The fraction of sp³-hybridized carbons (Fsp3) is 1.00. The fourth-order valence-corrected chi connectivity index (χ4v) is 1.78. The van der Waals surface area contributed by atoms with Crippen LogP contribution in [0.5, 0.6) is 0 Å². The van der Waals surface area contributed by atoms with Crippen LogP contribution in [0.4, 0.5) is 0 Å². The lowest BCUT2D eigenvalue weighted by molar-refractivity contribution is -0.141. The van der Waals surface area contributed by atoms with Gasteiger partial charge in [-0.25, -0.2) is 0 Å². The van der Waals surface area contributed by atoms with Crippen molar-refractivity contribution in [3.05, 3.63) is 0 Å². The van der Waals surface area contributed by atoms with Crippen LogP contribution in [0.3, 0.4) is 0 Å². The standard InChI is InChI=1S/C16H35NO6/c1-3-22-16(23-4-2)6-5-8-18-10-12-20-14-15-21-13-11-19-9-7-17/h16H,3-15,17H2,1-2H3. The third-order valence-electron chi connectivity index (χ3n) is 2.81. The first-order chi connectivity index (χ1) is 11.3. The quantitative estimate of drug-likeness (QED) is 0.280. The van der Waals surface area contributed by atoms with Gasteiger partial charge in [-0.1, -0.05) is 0 Å². The van der Waals surface area contributed by atoms with Crippen molar-refractivity contribution in [1.82, 2.24) is 0 Å². The molecule has 0 aliphatic carbocycles. The predicted molar refractivity (Wildman–Crippen MR) is 88.6 cm³/mol. The highest BCUT2D eigenvalue weighted by Crippen LogP contribution is 2.04. The SMILES string of the molecule is CCOC(CCCOCCOCCOCCOCCN)OCC. The number of hydrogen-bond donors (Lipinski definition) is 1. The Kier molecular flexibility index (Phi) is 19.5. The highest BCUT2D eigenvalue weighted by Gasteiger charge is 2.06. The Bertz CT molecular complexity index is 215. The topological polar surface area (TPSA) is 81.4 Å². The van der Waals surface area contributed by atoms with Crippen LogP contribution in [0.15, 0.2) is 0 Å². The lowest BCUT2D eigenvalue weighted by Gasteiger charge is -2.16. The Morgan fingerprint density at radius 1 is 0.652 bits per heavy atom. The highest BCUT2D eigenvalue weighted by atomic mass is 16.7. The molecule has 0 fully saturated rings. The van der Waals surface area contributed by atoms with E-state index < -0.39 is 0 Å². The van der Waals surface area contributed by atoms with Crippen LogP contribution in [0.1, 0.15) is 26.7 Å². The summed E-state index contributed by atoms with van der Waals surface area (Å²) in [4.78, 5) is 0. The summed E-state index contributed by atoms with van der Waals surface area (Å²) in [6, 6.07) is 0. The van der Waals surface area contributed by atoms with Gasteiger partial charge in [0.1, 0.15) is 0 Å². The molecule has 0 spiro atoms. The lowest BCUT2D eigenvalue weighted by atomic mass is 10.3. The van der Waals surface area contributed by atoms with E-state index in [4.69, 9.17) is 34.2 Å². The first kappa shape index (κ1) is 22.7. The van der Waals surface area contributed by atoms with Gasteiger partial charge in [0, 0.05) is 32.8 Å². The van der Waals surface area contributed by atoms with Gasteiger partial charge in [0.2, 0.25) is 0 Å². The van der Waals surface area contributed by atoms with E-state index in [1.165, 1.54) is 0 Å². The van der Waals surface area contributed by atoms with Crippen molar-refractivity contribution in [2.75, 3.05) is 72.6 Å². The third kappa shape index (κ3) is 17.9. The Hall–Kier alpha value is -0.280. The molecule has 0 aliphatic heterocycles. The van der Waals surface area contributed by atoms with Crippen LogP contribution in [0.25, 0.3) is 0 Å². The van der Waals surface area contributed by atoms with Gasteiger partial charge < -0.3 is 34.2 Å². The van der Waals surface area contributed by atoms with Gasteiger partial charge in [0.05, 0.1) is 46.2 Å². The smallest absolute Gasteiger partial charge is 0.157 e. The number of rotatable bonds is 19. The summed E-state index contributed by atoms with van der Waals surface area (Å²) in [6.45, 7) is 10.5. The highest BCUT2D eigenvalue weighted by molar-refractivity contribution is 4.46. The summed E-state index contributed by atoms with van der Waals surface area (Å²) >= 11 is 0. The van der Waals surface area contributed by atoms with Crippen molar-refractivity contribution in [1.29, 1.82) is 0 Å². The molecule has 7 nitrogen and oxygen atoms in total. The Balaban J connectivity index is 3.15. The van der Waals surface area contributed by atoms with E-state index in [9.17, 15) is 0 Å².